The van der Waals surface area contributed by atoms with Crippen LogP contribution in [0.5, 0.6) is 0 Å². The van der Waals surface area contributed by atoms with Gasteiger partial charge in [0.2, 0.25) is 5.76 Å². The summed E-state index contributed by atoms with van der Waals surface area (Å²) >= 11 is 0. The molecule has 0 atom stereocenters. The summed E-state index contributed by atoms with van der Waals surface area (Å²) in [5, 5.41) is 16.9. The first-order valence-electron chi connectivity index (χ1n) is 3.91. The van der Waals surface area contributed by atoms with Gasteiger partial charge in [-0.25, -0.2) is 4.79 Å². The lowest BCUT2D eigenvalue weighted by molar-refractivity contribution is -0.135. The van der Waals surface area contributed by atoms with Crippen molar-refractivity contribution in [1.82, 2.24) is 0 Å². The van der Waals surface area contributed by atoms with Crippen LogP contribution in [0.2, 0.25) is 0 Å². The van der Waals surface area contributed by atoms with Crippen molar-refractivity contribution in [3.63, 3.8) is 0 Å². The standard InChI is InChI=1S/C9H12O4/c1-2-4-7(10)5-3-6-8(11)9(12)13/h3,5-6,11H,2,4H2,1H3,(H,12,13)/b5-3-,8-6-. The van der Waals surface area contributed by atoms with Crippen LogP contribution in [0.25, 0.3) is 0 Å². The van der Waals surface area contributed by atoms with Crippen LogP contribution in [-0.2, 0) is 9.59 Å². The van der Waals surface area contributed by atoms with Crippen LogP contribution in [0.15, 0.2) is 24.0 Å². The smallest absolute Gasteiger partial charge is 0.370 e. The molecular weight excluding hydrogens is 172 g/mol. The highest BCUT2D eigenvalue weighted by atomic mass is 16.4. The molecule has 0 aromatic carbocycles. The number of carbonyl (C=O) groups excluding carboxylic acids is 1. The first-order chi connectivity index (χ1) is 6.07. The van der Waals surface area contributed by atoms with E-state index in [4.69, 9.17) is 10.2 Å². The molecule has 2 N–H and O–H groups in total. The summed E-state index contributed by atoms with van der Waals surface area (Å²) in [6, 6.07) is 0. The Hall–Kier alpha value is -1.58. The Balaban J connectivity index is 4.07. The highest BCUT2D eigenvalue weighted by Crippen LogP contribution is 1.93. The van der Waals surface area contributed by atoms with Crippen LogP contribution in [0.4, 0.5) is 0 Å². The lowest BCUT2D eigenvalue weighted by Gasteiger charge is -1.88. The van der Waals surface area contributed by atoms with E-state index in [-0.39, 0.29) is 5.78 Å². The van der Waals surface area contributed by atoms with Gasteiger partial charge in [-0.1, -0.05) is 13.0 Å². The van der Waals surface area contributed by atoms with Crippen LogP contribution in [0.1, 0.15) is 19.8 Å². The number of aliphatic hydroxyl groups excluding tert-OH is 1. The number of hydrogen-bond donors (Lipinski definition) is 2. The molecule has 0 bridgehead atoms. The number of aliphatic hydroxyl groups is 1. The van der Waals surface area contributed by atoms with Crippen molar-refractivity contribution < 1.29 is 19.8 Å². The molecule has 4 nitrogen and oxygen atoms in total. The van der Waals surface area contributed by atoms with Gasteiger partial charge in [0.25, 0.3) is 0 Å². The zero-order valence-electron chi connectivity index (χ0n) is 7.36. The monoisotopic (exact) mass is 184 g/mol. The molecule has 0 saturated heterocycles. The fourth-order valence-corrected chi connectivity index (χ4v) is 0.648. The van der Waals surface area contributed by atoms with Crippen LogP contribution in [0.3, 0.4) is 0 Å². The van der Waals surface area contributed by atoms with Crippen molar-refractivity contribution in [2.75, 3.05) is 0 Å². The van der Waals surface area contributed by atoms with E-state index in [1.54, 1.807) is 0 Å². The molecule has 4 heteroatoms. The summed E-state index contributed by atoms with van der Waals surface area (Å²) in [4.78, 5) is 20.9. The first kappa shape index (κ1) is 11.4. The van der Waals surface area contributed by atoms with Gasteiger partial charge < -0.3 is 10.2 Å². The summed E-state index contributed by atoms with van der Waals surface area (Å²) in [7, 11) is 0. The Morgan fingerprint density at radius 2 is 1.92 bits per heavy atom. The zero-order valence-corrected chi connectivity index (χ0v) is 7.36. The maximum Gasteiger partial charge on any atom is 0.370 e. The lowest BCUT2D eigenvalue weighted by atomic mass is 10.2. The fraction of sp³-hybridized carbons (Fsp3) is 0.333. The van der Waals surface area contributed by atoms with E-state index >= 15 is 0 Å². The van der Waals surface area contributed by atoms with Gasteiger partial charge in [0.15, 0.2) is 5.78 Å². The molecule has 0 aromatic rings. The minimum absolute atomic E-state index is 0.0862. The fourth-order valence-electron chi connectivity index (χ4n) is 0.648. The predicted molar refractivity (Wildman–Crippen MR) is 47.4 cm³/mol. The van der Waals surface area contributed by atoms with E-state index in [9.17, 15) is 9.59 Å². The van der Waals surface area contributed by atoms with Crippen molar-refractivity contribution in [2.45, 2.75) is 19.8 Å². The third kappa shape index (κ3) is 5.66. The van der Waals surface area contributed by atoms with Crippen molar-refractivity contribution in [3.05, 3.63) is 24.0 Å². The quantitative estimate of drug-likeness (QED) is 0.385. The first-order valence-corrected chi connectivity index (χ1v) is 3.91. The minimum atomic E-state index is -1.41. The van der Waals surface area contributed by atoms with E-state index in [1.807, 2.05) is 6.92 Å². The lowest BCUT2D eigenvalue weighted by Crippen LogP contribution is -1.98. The van der Waals surface area contributed by atoms with Gasteiger partial charge in [-0.3, -0.25) is 4.79 Å². The number of rotatable bonds is 5. The number of carbonyl (C=O) groups is 2. The maximum absolute atomic E-state index is 10.8. The molecule has 0 aliphatic rings. The molecule has 0 amide bonds. The Morgan fingerprint density at radius 1 is 1.31 bits per heavy atom. The highest BCUT2D eigenvalue weighted by Gasteiger charge is 2.00. The van der Waals surface area contributed by atoms with Gasteiger partial charge in [0.1, 0.15) is 0 Å². The average Bonchev–Trinajstić information content (AvgIpc) is 2.04. The minimum Gasteiger partial charge on any atom is -0.502 e. The zero-order chi connectivity index (χ0) is 10.3. The molecule has 0 radical (unpaired) electrons. The number of carboxylic acids is 1. The van der Waals surface area contributed by atoms with E-state index in [0.29, 0.717) is 6.42 Å². The molecule has 13 heavy (non-hydrogen) atoms. The molecule has 0 fully saturated rings. The highest BCUT2D eigenvalue weighted by molar-refractivity contribution is 5.90. The number of allylic oxidation sites excluding steroid dienone is 3. The summed E-state index contributed by atoms with van der Waals surface area (Å²) in [6.45, 7) is 1.87. The molecule has 72 valence electrons. The topological polar surface area (TPSA) is 74.6 Å². The van der Waals surface area contributed by atoms with Crippen LogP contribution in [0, 0.1) is 0 Å². The van der Waals surface area contributed by atoms with Crippen LogP contribution in [-0.4, -0.2) is 22.0 Å². The molecule has 0 rings (SSSR count). The Kier molecular flexibility index (Phi) is 5.27. The van der Waals surface area contributed by atoms with Crippen molar-refractivity contribution in [3.8, 4) is 0 Å². The number of hydrogen-bond acceptors (Lipinski definition) is 3. The van der Waals surface area contributed by atoms with E-state index in [1.165, 1.54) is 12.2 Å². The maximum atomic E-state index is 10.8. The molecular formula is C9H12O4. The Labute approximate surface area is 76.2 Å². The van der Waals surface area contributed by atoms with Gasteiger partial charge in [-0.05, 0) is 18.6 Å². The van der Waals surface area contributed by atoms with Gasteiger partial charge in [0.05, 0.1) is 0 Å². The molecule has 0 aromatic heterocycles. The molecule has 0 saturated carbocycles. The molecule has 0 aliphatic heterocycles. The SMILES string of the molecule is CCCC(=O)/C=C\C=C(/O)C(=O)O. The van der Waals surface area contributed by atoms with E-state index in [0.717, 1.165) is 12.5 Å². The summed E-state index contributed by atoms with van der Waals surface area (Å²) in [5.41, 5.74) is 0. The number of aliphatic carboxylic acids is 1. The Bertz CT molecular complexity index is 250. The largest absolute Gasteiger partial charge is 0.502 e. The third-order valence-electron chi connectivity index (χ3n) is 1.25. The van der Waals surface area contributed by atoms with Crippen molar-refractivity contribution in [1.29, 1.82) is 0 Å². The van der Waals surface area contributed by atoms with Crippen molar-refractivity contribution >= 4 is 11.8 Å². The molecule has 0 unspecified atom stereocenters. The average molecular weight is 184 g/mol. The molecule has 0 aliphatic carbocycles. The third-order valence-corrected chi connectivity index (χ3v) is 1.25. The van der Waals surface area contributed by atoms with Gasteiger partial charge in [-0.2, -0.15) is 0 Å². The number of ketones is 1. The number of carboxylic acid groups (broad SMARTS) is 1. The van der Waals surface area contributed by atoms with Gasteiger partial charge >= 0.3 is 5.97 Å². The summed E-state index contributed by atoms with van der Waals surface area (Å²) in [6.07, 6.45) is 4.61. The summed E-state index contributed by atoms with van der Waals surface area (Å²) < 4.78 is 0. The Morgan fingerprint density at radius 3 is 2.38 bits per heavy atom. The van der Waals surface area contributed by atoms with Crippen LogP contribution >= 0.6 is 0 Å². The predicted octanol–water partition coefficient (Wildman–Crippen LogP) is 1.44. The molecule has 0 heterocycles. The van der Waals surface area contributed by atoms with Crippen LogP contribution < -0.4 is 0 Å². The second-order valence-corrected chi connectivity index (χ2v) is 2.43. The summed E-state index contributed by atoms with van der Waals surface area (Å²) in [5.74, 6) is -2.27. The van der Waals surface area contributed by atoms with E-state index < -0.39 is 11.7 Å². The second-order valence-electron chi connectivity index (χ2n) is 2.43. The van der Waals surface area contributed by atoms with Gasteiger partial charge in [-0.15, -0.1) is 0 Å². The van der Waals surface area contributed by atoms with Crippen molar-refractivity contribution in [2.24, 2.45) is 0 Å². The second kappa shape index (κ2) is 5.99. The molecule has 0 spiro atoms. The van der Waals surface area contributed by atoms with Gasteiger partial charge in [0, 0.05) is 6.42 Å². The normalized spacial score (nSPS) is 11.9. The van der Waals surface area contributed by atoms with E-state index in [2.05, 4.69) is 0 Å².